The molecule has 0 radical (unpaired) electrons. The summed E-state index contributed by atoms with van der Waals surface area (Å²) >= 11 is 7.54. The lowest BCUT2D eigenvalue weighted by atomic mass is 10.0. The number of amides is 1. The monoisotopic (exact) mass is 385 g/mol. The molecule has 3 rings (SSSR count). The van der Waals surface area contributed by atoms with Crippen molar-refractivity contribution in [1.82, 2.24) is 15.5 Å². The quantitative estimate of drug-likeness (QED) is 0.660. The largest absolute Gasteiger partial charge is 0.347 e. The smallest absolute Gasteiger partial charge is 0.217 e. The summed E-state index contributed by atoms with van der Waals surface area (Å²) in [6.07, 6.45) is 1.68. The van der Waals surface area contributed by atoms with Gasteiger partial charge in [-0.05, 0) is 36.1 Å². The van der Waals surface area contributed by atoms with Gasteiger partial charge in [0.25, 0.3) is 0 Å². The molecule has 0 spiro atoms. The Hall–Kier alpha value is -2.24. The molecular formula is C20H20ClN3OS. The average Bonchev–Trinajstić information content (AvgIpc) is 3.11. The summed E-state index contributed by atoms with van der Waals surface area (Å²) in [6.45, 7) is 3.65. The van der Waals surface area contributed by atoms with E-state index in [1.54, 1.807) is 0 Å². The van der Waals surface area contributed by atoms with Crippen LogP contribution in [-0.2, 0) is 17.6 Å². The van der Waals surface area contributed by atoms with Gasteiger partial charge in [0.15, 0.2) is 0 Å². The van der Waals surface area contributed by atoms with Crippen molar-refractivity contribution in [3.63, 3.8) is 0 Å². The highest BCUT2D eigenvalue weighted by Gasteiger charge is 2.19. The van der Waals surface area contributed by atoms with Crippen LogP contribution in [0, 0.1) is 0 Å². The molecule has 0 aliphatic rings. The Labute approximate surface area is 162 Å². The van der Waals surface area contributed by atoms with Crippen molar-refractivity contribution in [2.75, 3.05) is 0 Å². The standard InChI is InChI=1S/C20H20ClN3OS/c1-3-14-7-9-15(10-8-14)11-18(22-13(2)25)20-24-23-19(26-20)16-5-4-6-17(21)12-16/h4-10,12,18H,3,11H2,1-2H3,(H,22,25). The molecule has 0 aliphatic carbocycles. The van der Waals surface area contributed by atoms with E-state index in [0.29, 0.717) is 11.4 Å². The van der Waals surface area contributed by atoms with Crippen molar-refractivity contribution in [3.05, 3.63) is 69.7 Å². The number of benzene rings is 2. The lowest BCUT2D eigenvalue weighted by Gasteiger charge is -2.15. The van der Waals surface area contributed by atoms with Crippen molar-refractivity contribution in [1.29, 1.82) is 0 Å². The molecule has 26 heavy (non-hydrogen) atoms. The molecule has 1 atom stereocenters. The molecule has 0 fully saturated rings. The zero-order chi connectivity index (χ0) is 18.5. The molecule has 1 N–H and O–H groups in total. The van der Waals surface area contributed by atoms with E-state index in [1.807, 2.05) is 24.3 Å². The number of carbonyl (C=O) groups is 1. The minimum absolute atomic E-state index is 0.0836. The summed E-state index contributed by atoms with van der Waals surface area (Å²) in [6, 6.07) is 15.8. The highest BCUT2D eigenvalue weighted by molar-refractivity contribution is 7.14. The normalized spacial score (nSPS) is 12.0. The number of aromatic nitrogens is 2. The Morgan fingerprint density at radius 1 is 1.15 bits per heavy atom. The summed E-state index contributed by atoms with van der Waals surface area (Å²) in [5, 5.41) is 13.8. The molecule has 134 valence electrons. The lowest BCUT2D eigenvalue weighted by molar-refractivity contribution is -0.119. The van der Waals surface area contributed by atoms with E-state index in [0.717, 1.165) is 27.6 Å². The summed E-state index contributed by atoms with van der Waals surface area (Å²) in [4.78, 5) is 11.7. The van der Waals surface area contributed by atoms with Crippen LogP contribution in [0.15, 0.2) is 48.5 Å². The van der Waals surface area contributed by atoms with E-state index < -0.39 is 0 Å². The maximum Gasteiger partial charge on any atom is 0.217 e. The zero-order valence-corrected chi connectivity index (χ0v) is 16.3. The molecule has 0 bridgehead atoms. The topological polar surface area (TPSA) is 54.9 Å². The van der Waals surface area contributed by atoms with Gasteiger partial charge in [-0.1, -0.05) is 66.3 Å². The first-order valence-electron chi connectivity index (χ1n) is 8.49. The number of aryl methyl sites for hydroxylation is 1. The minimum Gasteiger partial charge on any atom is -0.347 e. The average molecular weight is 386 g/mol. The molecule has 1 aromatic heterocycles. The van der Waals surface area contributed by atoms with Gasteiger partial charge in [-0.25, -0.2) is 0 Å². The highest BCUT2D eigenvalue weighted by atomic mass is 35.5. The highest BCUT2D eigenvalue weighted by Crippen LogP contribution is 2.29. The molecule has 0 saturated carbocycles. The van der Waals surface area contributed by atoms with Gasteiger partial charge < -0.3 is 5.32 Å². The molecule has 6 heteroatoms. The van der Waals surface area contributed by atoms with E-state index in [9.17, 15) is 4.79 Å². The van der Waals surface area contributed by atoms with Crippen molar-refractivity contribution in [2.45, 2.75) is 32.7 Å². The zero-order valence-electron chi connectivity index (χ0n) is 14.7. The second kappa shape index (κ2) is 8.43. The van der Waals surface area contributed by atoms with E-state index in [-0.39, 0.29) is 11.9 Å². The van der Waals surface area contributed by atoms with E-state index in [4.69, 9.17) is 11.6 Å². The van der Waals surface area contributed by atoms with Gasteiger partial charge in [-0.3, -0.25) is 4.79 Å². The second-order valence-corrected chi connectivity index (χ2v) is 7.53. The van der Waals surface area contributed by atoms with Crippen LogP contribution in [0.4, 0.5) is 0 Å². The number of halogens is 1. The fraction of sp³-hybridized carbons (Fsp3) is 0.250. The van der Waals surface area contributed by atoms with Gasteiger partial charge >= 0.3 is 0 Å². The number of rotatable bonds is 6. The number of carbonyl (C=O) groups excluding carboxylic acids is 1. The van der Waals surface area contributed by atoms with Crippen molar-refractivity contribution in [3.8, 4) is 10.6 Å². The van der Waals surface area contributed by atoms with Crippen molar-refractivity contribution < 1.29 is 4.79 Å². The maximum atomic E-state index is 11.7. The van der Waals surface area contributed by atoms with Gasteiger partial charge in [0.2, 0.25) is 5.91 Å². The van der Waals surface area contributed by atoms with E-state index >= 15 is 0 Å². The van der Waals surface area contributed by atoms with Gasteiger partial charge in [0, 0.05) is 17.5 Å². The third kappa shape index (κ3) is 4.68. The van der Waals surface area contributed by atoms with Crippen molar-refractivity contribution in [2.24, 2.45) is 0 Å². The summed E-state index contributed by atoms with van der Waals surface area (Å²) in [5.41, 5.74) is 3.37. The lowest BCUT2D eigenvalue weighted by Crippen LogP contribution is -2.27. The first kappa shape index (κ1) is 18.5. The molecule has 2 aromatic carbocycles. The van der Waals surface area contributed by atoms with Crippen LogP contribution in [0.3, 0.4) is 0 Å². The predicted molar refractivity (Wildman–Crippen MR) is 106 cm³/mol. The summed E-state index contributed by atoms with van der Waals surface area (Å²) in [5.74, 6) is -0.0836. The van der Waals surface area contributed by atoms with Gasteiger partial charge in [-0.15, -0.1) is 10.2 Å². The van der Waals surface area contributed by atoms with E-state index in [2.05, 4.69) is 46.7 Å². The predicted octanol–water partition coefficient (Wildman–Crippen LogP) is 4.84. The third-order valence-electron chi connectivity index (χ3n) is 4.06. The molecule has 1 unspecified atom stereocenters. The molecule has 3 aromatic rings. The SMILES string of the molecule is CCc1ccc(CC(NC(C)=O)c2nnc(-c3cccc(Cl)c3)s2)cc1. The van der Waals surface area contributed by atoms with Crippen molar-refractivity contribution >= 4 is 28.8 Å². The Kier molecular flexibility index (Phi) is 6.01. The molecule has 4 nitrogen and oxygen atoms in total. The van der Waals surface area contributed by atoms with E-state index in [1.165, 1.54) is 23.8 Å². The molecule has 1 amide bonds. The molecular weight excluding hydrogens is 366 g/mol. The van der Waals surface area contributed by atoms with Crippen LogP contribution in [0.5, 0.6) is 0 Å². The number of hydrogen-bond donors (Lipinski definition) is 1. The Bertz CT molecular complexity index is 892. The third-order valence-corrected chi connectivity index (χ3v) is 5.38. The maximum absolute atomic E-state index is 11.7. The van der Waals surface area contributed by atoms with Crippen LogP contribution >= 0.6 is 22.9 Å². The first-order chi connectivity index (χ1) is 12.5. The minimum atomic E-state index is -0.203. The molecule has 0 saturated heterocycles. The fourth-order valence-corrected chi connectivity index (χ4v) is 3.79. The second-order valence-electron chi connectivity index (χ2n) is 6.08. The van der Waals surface area contributed by atoms with Gasteiger partial charge in [0.05, 0.1) is 6.04 Å². The molecule has 0 aliphatic heterocycles. The van der Waals surface area contributed by atoms with Crippen LogP contribution in [-0.4, -0.2) is 16.1 Å². The van der Waals surface area contributed by atoms with Gasteiger partial charge in [-0.2, -0.15) is 0 Å². The number of hydrogen-bond acceptors (Lipinski definition) is 4. The Morgan fingerprint density at radius 3 is 2.54 bits per heavy atom. The molecule has 1 heterocycles. The van der Waals surface area contributed by atoms with Crippen LogP contribution in [0.2, 0.25) is 5.02 Å². The fourth-order valence-electron chi connectivity index (χ4n) is 2.71. The summed E-state index contributed by atoms with van der Waals surface area (Å²) in [7, 11) is 0. The first-order valence-corrected chi connectivity index (χ1v) is 9.69. The Morgan fingerprint density at radius 2 is 1.88 bits per heavy atom. The van der Waals surface area contributed by atoms with Crippen LogP contribution in [0.1, 0.15) is 36.0 Å². The Balaban J connectivity index is 1.84. The number of nitrogens with one attached hydrogen (secondary N) is 1. The van der Waals surface area contributed by atoms with Crippen LogP contribution in [0.25, 0.3) is 10.6 Å². The summed E-state index contributed by atoms with van der Waals surface area (Å²) < 4.78 is 0. The number of nitrogens with zero attached hydrogens (tertiary/aromatic N) is 2. The van der Waals surface area contributed by atoms with Gasteiger partial charge in [0.1, 0.15) is 10.0 Å². The van der Waals surface area contributed by atoms with Crippen LogP contribution < -0.4 is 5.32 Å².